The van der Waals surface area contributed by atoms with E-state index >= 15 is 0 Å². The van der Waals surface area contributed by atoms with Crippen molar-refractivity contribution < 1.29 is 18.7 Å². The van der Waals surface area contributed by atoms with Crippen molar-refractivity contribution in [3.05, 3.63) is 68.8 Å². The van der Waals surface area contributed by atoms with E-state index in [0.29, 0.717) is 10.4 Å². The number of ether oxygens (including phenoxy) is 1. The summed E-state index contributed by atoms with van der Waals surface area (Å²) < 4.78 is 18.6. The van der Waals surface area contributed by atoms with Crippen LogP contribution in [-0.2, 0) is 4.74 Å². The SMILES string of the molecule is O=C(COC(=O)c1sc2cc(Cl)ccc2c1Cl)c1ccc(F)cc1. The zero-order valence-electron chi connectivity index (χ0n) is 12.0. The number of halogens is 3. The highest BCUT2D eigenvalue weighted by Crippen LogP contribution is 2.37. The molecule has 0 saturated heterocycles. The van der Waals surface area contributed by atoms with Crippen LogP contribution in [0, 0.1) is 5.82 Å². The lowest BCUT2D eigenvalue weighted by Gasteiger charge is -2.03. The van der Waals surface area contributed by atoms with E-state index in [-0.39, 0.29) is 15.5 Å². The standard InChI is InChI=1S/C17H9Cl2FO3S/c18-10-3-6-12-14(7-10)24-16(15(12)19)17(22)23-8-13(21)9-1-4-11(20)5-2-9/h1-7H,8H2. The molecular weight excluding hydrogens is 374 g/mol. The lowest BCUT2D eigenvalue weighted by molar-refractivity contribution is 0.0480. The van der Waals surface area contributed by atoms with Crippen molar-refractivity contribution in [1.82, 2.24) is 0 Å². The maximum absolute atomic E-state index is 12.8. The number of fused-ring (bicyclic) bond motifs is 1. The Kier molecular flexibility index (Phi) is 4.85. The molecule has 0 radical (unpaired) electrons. The predicted octanol–water partition coefficient (Wildman–Crippen LogP) is 5.39. The summed E-state index contributed by atoms with van der Waals surface area (Å²) in [5, 5.41) is 1.50. The first-order chi connectivity index (χ1) is 11.5. The molecule has 122 valence electrons. The minimum atomic E-state index is -0.687. The highest BCUT2D eigenvalue weighted by Gasteiger charge is 2.20. The van der Waals surface area contributed by atoms with Gasteiger partial charge in [0.1, 0.15) is 10.7 Å². The van der Waals surface area contributed by atoms with Crippen molar-refractivity contribution >= 4 is 56.4 Å². The molecule has 0 aliphatic carbocycles. The molecule has 24 heavy (non-hydrogen) atoms. The lowest BCUT2D eigenvalue weighted by atomic mass is 10.1. The van der Waals surface area contributed by atoms with E-state index in [0.717, 1.165) is 16.0 Å². The highest BCUT2D eigenvalue weighted by molar-refractivity contribution is 7.21. The number of carbonyl (C=O) groups is 2. The van der Waals surface area contributed by atoms with Gasteiger partial charge < -0.3 is 4.74 Å². The van der Waals surface area contributed by atoms with Crippen molar-refractivity contribution in [3.63, 3.8) is 0 Å². The molecule has 0 unspecified atom stereocenters. The van der Waals surface area contributed by atoms with Gasteiger partial charge in [0.25, 0.3) is 0 Å². The molecule has 3 nitrogen and oxygen atoms in total. The van der Waals surface area contributed by atoms with Crippen molar-refractivity contribution in [2.45, 2.75) is 0 Å². The first-order valence-electron chi connectivity index (χ1n) is 6.79. The fourth-order valence-corrected chi connectivity index (χ4v) is 3.76. The molecule has 0 aliphatic rings. The molecule has 3 aromatic rings. The number of esters is 1. The molecule has 0 amide bonds. The number of rotatable bonds is 4. The third-order valence-corrected chi connectivity index (χ3v) is 5.15. The monoisotopic (exact) mass is 382 g/mol. The summed E-state index contributed by atoms with van der Waals surface area (Å²) in [5.41, 5.74) is 0.262. The average Bonchev–Trinajstić information content (AvgIpc) is 2.89. The van der Waals surface area contributed by atoms with Gasteiger partial charge in [-0.05, 0) is 36.4 Å². The normalized spacial score (nSPS) is 10.8. The number of carbonyl (C=O) groups excluding carboxylic acids is 2. The molecule has 1 aromatic heterocycles. The quantitative estimate of drug-likeness (QED) is 0.448. The van der Waals surface area contributed by atoms with Crippen molar-refractivity contribution in [2.24, 2.45) is 0 Å². The smallest absolute Gasteiger partial charge is 0.350 e. The molecule has 0 aliphatic heterocycles. The predicted molar refractivity (Wildman–Crippen MR) is 92.9 cm³/mol. The highest BCUT2D eigenvalue weighted by atomic mass is 35.5. The van der Waals surface area contributed by atoms with Gasteiger partial charge in [-0.25, -0.2) is 9.18 Å². The van der Waals surface area contributed by atoms with Gasteiger partial charge in [0.05, 0.1) is 5.02 Å². The summed E-state index contributed by atoms with van der Waals surface area (Å²) in [7, 11) is 0. The van der Waals surface area contributed by atoms with E-state index in [1.165, 1.54) is 24.3 Å². The van der Waals surface area contributed by atoms with Crippen LogP contribution in [-0.4, -0.2) is 18.4 Å². The molecule has 0 atom stereocenters. The summed E-state index contributed by atoms with van der Waals surface area (Å²) in [6.07, 6.45) is 0. The molecule has 0 spiro atoms. The maximum atomic E-state index is 12.8. The Hall–Kier alpha value is -1.95. The van der Waals surface area contributed by atoms with E-state index in [1.54, 1.807) is 18.2 Å². The summed E-state index contributed by atoms with van der Waals surface area (Å²) in [5.74, 6) is -1.56. The van der Waals surface area contributed by atoms with Crippen LogP contribution in [0.3, 0.4) is 0 Å². The summed E-state index contributed by atoms with van der Waals surface area (Å²) >= 11 is 13.3. The summed E-state index contributed by atoms with van der Waals surface area (Å²) in [4.78, 5) is 24.3. The second-order valence-electron chi connectivity index (χ2n) is 4.89. The van der Waals surface area contributed by atoms with Gasteiger partial charge in [0.15, 0.2) is 12.4 Å². The average molecular weight is 383 g/mol. The number of hydrogen-bond acceptors (Lipinski definition) is 4. The van der Waals surface area contributed by atoms with Crippen molar-refractivity contribution in [3.8, 4) is 0 Å². The molecule has 7 heteroatoms. The third kappa shape index (κ3) is 3.43. The zero-order chi connectivity index (χ0) is 17.3. The van der Waals surface area contributed by atoms with Crippen LogP contribution in [0.15, 0.2) is 42.5 Å². The van der Waals surface area contributed by atoms with Gasteiger partial charge in [-0.15, -0.1) is 11.3 Å². The molecule has 3 rings (SSSR count). The maximum Gasteiger partial charge on any atom is 0.350 e. The van der Waals surface area contributed by atoms with E-state index in [4.69, 9.17) is 27.9 Å². The zero-order valence-corrected chi connectivity index (χ0v) is 14.3. The van der Waals surface area contributed by atoms with Gasteiger partial charge in [-0.1, -0.05) is 29.3 Å². The van der Waals surface area contributed by atoms with E-state index in [9.17, 15) is 14.0 Å². The second kappa shape index (κ2) is 6.89. The first-order valence-corrected chi connectivity index (χ1v) is 8.36. The third-order valence-electron chi connectivity index (χ3n) is 3.28. The molecule has 2 aromatic carbocycles. The van der Waals surface area contributed by atoms with Gasteiger partial charge in [0.2, 0.25) is 0 Å². The Bertz CT molecular complexity index is 935. The van der Waals surface area contributed by atoms with Crippen LogP contribution in [0.4, 0.5) is 4.39 Å². The number of benzene rings is 2. The molecule has 0 bridgehead atoms. The fourth-order valence-electron chi connectivity index (χ4n) is 2.09. The van der Waals surface area contributed by atoms with Gasteiger partial charge in [-0.3, -0.25) is 4.79 Å². The molecule has 0 fully saturated rings. The van der Waals surface area contributed by atoms with E-state index in [1.807, 2.05) is 0 Å². The Balaban J connectivity index is 1.74. The van der Waals surface area contributed by atoms with Gasteiger partial charge >= 0.3 is 5.97 Å². The first kappa shape index (κ1) is 16.9. The Morgan fingerprint density at radius 2 is 1.79 bits per heavy atom. The van der Waals surface area contributed by atoms with Crippen LogP contribution >= 0.6 is 34.5 Å². The Morgan fingerprint density at radius 1 is 1.08 bits per heavy atom. The van der Waals surface area contributed by atoms with Crippen LogP contribution in [0.1, 0.15) is 20.0 Å². The number of hydrogen-bond donors (Lipinski definition) is 0. The van der Waals surface area contributed by atoms with Crippen LogP contribution in [0.2, 0.25) is 10.0 Å². The number of Topliss-reactive ketones (excluding diaryl/α,β-unsaturated/α-hetero) is 1. The minimum Gasteiger partial charge on any atom is -0.453 e. The summed E-state index contributed by atoms with van der Waals surface area (Å²) in [6, 6.07) is 10.1. The van der Waals surface area contributed by atoms with Crippen LogP contribution in [0.5, 0.6) is 0 Å². The van der Waals surface area contributed by atoms with Gasteiger partial charge in [0, 0.05) is 20.7 Å². The Labute approximate surface area is 150 Å². The second-order valence-corrected chi connectivity index (χ2v) is 6.76. The molecule has 0 saturated carbocycles. The number of ketones is 1. The van der Waals surface area contributed by atoms with Crippen LogP contribution in [0.25, 0.3) is 10.1 Å². The molecule has 1 heterocycles. The lowest BCUT2D eigenvalue weighted by Crippen LogP contribution is -2.13. The van der Waals surface area contributed by atoms with Crippen LogP contribution < -0.4 is 0 Å². The topological polar surface area (TPSA) is 43.4 Å². The van der Waals surface area contributed by atoms with E-state index in [2.05, 4.69) is 0 Å². The minimum absolute atomic E-state index is 0.209. The summed E-state index contributed by atoms with van der Waals surface area (Å²) in [6.45, 7) is -0.449. The molecule has 0 N–H and O–H groups in total. The Morgan fingerprint density at radius 3 is 2.50 bits per heavy atom. The van der Waals surface area contributed by atoms with Crippen molar-refractivity contribution in [1.29, 1.82) is 0 Å². The van der Waals surface area contributed by atoms with Crippen molar-refractivity contribution in [2.75, 3.05) is 6.61 Å². The van der Waals surface area contributed by atoms with Gasteiger partial charge in [-0.2, -0.15) is 0 Å². The van der Waals surface area contributed by atoms with E-state index < -0.39 is 24.2 Å². The fraction of sp³-hybridized carbons (Fsp3) is 0.0588. The molecular formula is C17H9Cl2FO3S. The number of thiophene rings is 1. The largest absolute Gasteiger partial charge is 0.453 e.